The van der Waals surface area contributed by atoms with Crippen molar-refractivity contribution in [1.82, 2.24) is 9.97 Å². The van der Waals surface area contributed by atoms with E-state index in [4.69, 9.17) is 9.84 Å². The molecule has 1 saturated heterocycles. The molecule has 0 radical (unpaired) electrons. The summed E-state index contributed by atoms with van der Waals surface area (Å²) in [6.07, 6.45) is 1.55. The fourth-order valence-corrected chi connectivity index (χ4v) is 2.00. The van der Waals surface area contributed by atoms with Crippen LogP contribution in [0.3, 0.4) is 0 Å². The van der Waals surface area contributed by atoms with Crippen LogP contribution >= 0.6 is 0 Å². The lowest BCUT2D eigenvalue weighted by molar-refractivity contribution is -0.0176. The van der Waals surface area contributed by atoms with E-state index < -0.39 is 11.6 Å². The number of nitrogens with zero attached hydrogens (tertiary/aromatic N) is 2. The van der Waals surface area contributed by atoms with Gasteiger partial charge in [0.15, 0.2) is 0 Å². The van der Waals surface area contributed by atoms with Crippen LogP contribution < -0.4 is 5.32 Å². The number of carboxylic acids is 1. The number of hydrogen-bond donors (Lipinski definition) is 3. The van der Waals surface area contributed by atoms with Crippen molar-refractivity contribution in [3.05, 3.63) is 17.5 Å². The lowest BCUT2D eigenvalue weighted by Gasteiger charge is -2.26. The molecule has 0 aromatic carbocycles. The number of anilines is 1. The molecular weight excluding hydrogens is 250 g/mol. The van der Waals surface area contributed by atoms with Crippen molar-refractivity contribution in [2.75, 3.05) is 18.5 Å². The molecule has 0 bridgehead atoms. The van der Waals surface area contributed by atoms with Crippen LogP contribution in [0, 0.1) is 6.92 Å². The molecule has 1 aromatic rings. The molecule has 104 valence electrons. The van der Waals surface area contributed by atoms with E-state index in [1.807, 2.05) is 6.92 Å². The first-order valence-electron chi connectivity index (χ1n) is 6.07. The standard InChI is InChI=1S/C12H17N3O4/c1-7-9(10(16)17)5-13-11(15-7)14-6-12(18)3-4-19-8(12)2/h5,8,18H,3-4,6H2,1-2H3,(H,16,17)(H,13,14,15). The van der Waals surface area contributed by atoms with Crippen LogP contribution in [-0.4, -0.2) is 51.0 Å². The zero-order valence-corrected chi connectivity index (χ0v) is 10.9. The number of ether oxygens (including phenoxy) is 1. The monoisotopic (exact) mass is 267 g/mol. The molecule has 2 rings (SSSR count). The van der Waals surface area contributed by atoms with Gasteiger partial charge in [0.1, 0.15) is 5.60 Å². The topological polar surface area (TPSA) is 105 Å². The molecule has 2 heterocycles. The summed E-state index contributed by atoms with van der Waals surface area (Å²) in [5.41, 5.74) is -0.488. The molecule has 3 N–H and O–H groups in total. The quantitative estimate of drug-likeness (QED) is 0.726. The first-order chi connectivity index (χ1) is 8.92. The maximum Gasteiger partial charge on any atom is 0.339 e. The van der Waals surface area contributed by atoms with E-state index in [0.29, 0.717) is 24.7 Å². The number of rotatable bonds is 4. The summed E-state index contributed by atoms with van der Waals surface area (Å²) in [6.45, 7) is 4.21. The Labute approximate surface area is 110 Å². The first-order valence-corrected chi connectivity index (χ1v) is 6.07. The summed E-state index contributed by atoms with van der Waals surface area (Å²) in [4.78, 5) is 18.8. The Bertz CT molecular complexity index is 494. The second-order valence-corrected chi connectivity index (χ2v) is 4.72. The Balaban J connectivity index is 2.04. The normalized spacial score (nSPS) is 26.4. The van der Waals surface area contributed by atoms with Crippen LogP contribution in [0.4, 0.5) is 5.95 Å². The third-order valence-corrected chi connectivity index (χ3v) is 3.42. The number of aryl methyl sites for hydroxylation is 1. The Kier molecular flexibility index (Phi) is 3.68. The second-order valence-electron chi connectivity index (χ2n) is 4.72. The minimum absolute atomic E-state index is 0.0711. The first kappa shape index (κ1) is 13.7. The number of carbonyl (C=O) groups is 1. The van der Waals surface area contributed by atoms with Gasteiger partial charge in [-0.2, -0.15) is 0 Å². The molecule has 1 fully saturated rings. The second kappa shape index (κ2) is 5.10. The molecule has 1 aromatic heterocycles. The van der Waals surface area contributed by atoms with Crippen molar-refractivity contribution in [1.29, 1.82) is 0 Å². The van der Waals surface area contributed by atoms with E-state index in [2.05, 4.69) is 15.3 Å². The molecule has 1 aliphatic heterocycles. The van der Waals surface area contributed by atoms with Crippen molar-refractivity contribution in [3.63, 3.8) is 0 Å². The smallest absolute Gasteiger partial charge is 0.339 e. The molecule has 7 heteroatoms. The van der Waals surface area contributed by atoms with Gasteiger partial charge in [0.25, 0.3) is 0 Å². The van der Waals surface area contributed by atoms with Crippen LogP contribution in [-0.2, 0) is 4.74 Å². The van der Waals surface area contributed by atoms with Gasteiger partial charge in [0, 0.05) is 25.8 Å². The lowest BCUT2D eigenvalue weighted by atomic mass is 9.97. The summed E-state index contributed by atoms with van der Waals surface area (Å²) in [7, 11) is 0. The molecular formula is C12H17N3O4. The Morgan fingerprint density at radius 3 is 2.95 bits per heavy atom. The molecule has 2 atom stereocenters. The summed E-state index contributed by atoms with van der Waals surface area (Å²) < 4.78 is 5.32. The minimum atomic E-state index is -1.06. The van der Waals surface area contributed by atoms with Crippen LogP contribution in [0.2, 0.25) is 0 Å². The van der Waals surface area contributed by atoms with Crippen LogP contribution in [0.5, 0.6) is 0 Å². The SMILES string of the molecule is Cc1nc(NCC2(O)CCOC2C)ncc1C(=O)O. The van der Waals surface area contributed by atoms with Crippen LogP contribution in [0.25, 0.3) is 0 Å². The summed E-state index contributed by atoms with van der Waals surface area (Å²) in [6, 6.07) is 0. The van der Waals surface area contributed by atoms with Crippen molar-refractivity contribution < 1.29 is 19.7 Å². The van der Waals surface area contributed by atoms with Gasteiger partial charge in [-0.05, 0) is 13.8 Å². The average molecular weight is 267 g/mol. The highest BCUT2D eigenvalue weighted by Crippen LogP contribution is 2.25. The van der Waals surface area contributed by atoms with Crippen LogP contribution in [0.15, 0.2) is 6.20 Å². The predicted octanol–water partition coefficient (Wildman–Crippen LogP) is 0.435. The Morgan fingerprint density at radius 1 is 1.68 bits per heavy atom. The maximum atomic E-state index is 10.8. The highest BCUT2D eigenvalue weighted by atomic mass is 16.5. The Morgan fingerprint density at radius 2 is 2.42 bits per heavy atom. The minimum Gasteiger partial charge on any atom is -0.478 e. The van der Waals surface area contributed by atoms with Crippen molar-refractivity contribution in [2.24, 2.45) is 0 Å². The van der Waals surface area contributed by atoms with Gasteiger partial charge in [-0.15, -0.1) is 0 Å². The maximum absolute atomic E-state index is 10.8. The molecule has 7 nitrogen and oxygen atoms in total. The van der Waals surface area contributed by atoms with Gasteiger partial charge >= 0.3 is 5.97 Å². The zero-order chi connectivity index (χ0) is 14.0. The van der Waals surface area contributed by atoms with E-state index in [-0.39, 0.29) is 18.2 Å². The zero-order valence-electron chi connectivity index (χ0n) is 10.9. The third kappa shape index (κ3) is 2.82. The molecule has 19 heavy (non-hydrogen) atoms. The number of aliphatic hydroxyl groups is 1. The number of hydrogen-bond acceptors (Lipinski definition) is 6. The fraction of sp³-hybridized carbons (Fsp3) is 0.583. The van der Waals surface area contributed by atoms with Crippen molar-refractivity contribution in [2.45, 2.75) is 32.0 Å². The number of aromatic carboxylic acids is 1. The van der Waals surface area contributed by atoms with E-state index in [0.717, 1.165) is 0 Å². The highest BCUT2D eigenvalue weighted by molar-refractivity contribution is 5.88. The van der Waals surface area contributed by atoms with Crippen molar-refractivity contribution >= 4 is 11.9 Å². The number of carboxylic acid groups (broad SMARTS) is 1. The Hall–Kier alpha value is -1.73. The fourth-order valence-electron chi connectivity index (χ4n) is 2.00. The van der Waals surface area contributed by atoms with E-state index in [9.17, 15) is 9.90 Å². The molecule has 0 amide bonds. The average Bonchev–Trinajstić information content (AvgIpc) is 2.67. The van der Waals surface area contributed by atoms with Gasteiger partial charge < -0.3 is 20.3 Å². The van der Waals surface area contributed by atoms with Gasteiger partial charge in [0.05, 0.1) is 17.4 Å². The summed E-state index contributed by atoms with van der Waals surface area (Å²) in [5.74, 6) is -0.754. The lowest BCUT2D eigenvalue weighted by Crippen LogP contribution is -2.43. The number of aromatic nitrogens is 2. The van der Waals surface area contributed by atoms with Gasteiger partial charge in [0.2, 0.25) is 5.95 Å². The molecule has 2 unspecified atom stereocenters. The predicted molar refractivity (Wildman–Crippen MR) is 67.2 cm³/mol. The highest BCUT2D eigenvalue weighted by Gasteiger charge is 2.39. The van der Waals surface area contributed by atoms with E-state index >= 15 is 0 Å². The molecule has 0 spiro atoms. The van der Waals surface area contributed by atoms with Crippen LogP contribution in [0.1, 0.15) is 29.4 Å². The summed E-state index contributed by atoms with van der Waals surface area (Å²) in [5, 5.41) is 22.1. The van der Waals surface area contributed by atoms with E-state index in [1.54, 1.807) is 6.92 Å². The van der Waals surface area contributed by atoms with Gasteiger partial charge in [-0.1, -0.05) is 0 Å². The molecule has 1 aliphatic rings. The van der Waals surface area contributed by atoms with Gasteiger partial charge in [-0.3, -0.25) is 0 Å². The van der Waals surface area contributed by atoms with E-state index in [1.165, 1.54) is 6.20 Å². The largest absolute Gasteiger partial charge is 0.478 e. The molecule has 0 aliphatic carbocycles. The third-order valence-electron chi connectivity index (χ3n) is 3.42. The molecule has 0 saturated carbocycles. The summed E-state index contributed by atoms with van der Waals surface area (Å²) >= 11 is 0. The van der Waals surface area contributed by atoms with Gasteiger partial charge in [-0.25, -0.2) is 14.8 Å². The van der Waals surface area contributed by atoms with Crippen molar-refractivity contribution in [3.8, 4) is 0 Å². The number of nitrogens with one attached hydrogen (secondary N) is 1.